The largest absolute Gasteiger partial charge is 0.324 e. The highest BCUT2D eigenvalue weighted by Gasteiger charge is 2.34. The summed E-state index contributed by atoms with van der Waals surface area (Å²) in [5.74, 6) is 2.28. The molecule has 45 heavy (non-hydrogen) atoms. The van der Waals surface area contributed by atoms with Crippen molar-refractivity contribution >= 4 is 72.6 Å². The Hall–Kier alpha value is -6.07. The summed E-state index contributed by atoms with van der Waals surface area (Å²) < 4.78 is 31.9. The van der Waals surface area contributed by atoms with Gasteiger partial charge in [-0.2, -0.15) is 3.97 Å². The van der Waals surface area contributed by atoms with Crippen molar-refractivity contribution in [2.45, 2.75) is 4.90 Å². The SMILES string of the molecule is C=Cc1ccc2c3[nH]c4c2c1S(=O)(=O)n1c(c2ccccc2c1=NC1=NC(=N4)c2ccccc21)=NC1=NC(=N3)c2ccccc21. The van der Waals surface area contributed by atoms with Gasteiger partial charge < -0.3 is 4.98 Å². The molecule has 4 aliphatic heterocycles. The van der Waals surface area contributed by atoms with Crippen molar-refractivity contribution in [1.29, 1.82) is 0 Å². The molecule has 4 aliphatic rings. The molecule has 9 bridgehead atoms. The van der Waals surface area contributed by atoms with E-state index in [2.05, 4.69) is 11.6 Å². The number of amidine groups is 4. The molecule has 6 heterocycles. The average Bonchev–Trinajstić information content (AvgIpc) is 3.78. The van der Waals surface area contributed by atoms with E-state index in [1.165, 1.54) is 10.0 Å². The number of hydrogen-bond acceptors (Lipinski definition) is 8. The minimum absolute atomic E-state index is 0.0219. The summed E-state index contributed by atoms with van der Waals surface area (Å²) in [6.45, 7) is 3.97. The van der Waals surface area contributed by atoms with Crippen molar-refractivity contribution in [3.8, 4) is 0 Å². The molecule has 2 aromatic heterocycles. The molecule has 10 nitrogen and oxygen atoms in total. The third-order valence-corrected chi connectivity index (χ3v) is 10.3. The lowest BCUT2D eigenvalue weighted by Gasteiger charge is -2.12. The maximum absolute atomic E-state index is 15.3. The molecule has 0 spiro atoms. The lowest BCUT2D eigenvalue weighted by molar-refractivity contribution is 0.584. The molecule has 11 heteroatoms. The molecule has 6 aromatic rings. The van der Waals surface area contributed by atoms with E-state index < -0.39 is 10.0 Å². The third kappa shape index (κ3) is 3.09. The molecule has 0 atom stereocenters. The number of fused-ring (bicyclic) bond motifs is 11. The van der Waals surface area contributed by atoms with E-state index in [0.717, 1.165) is 22.3 Å². The topological polar surface area (TPSA) is 129 Å². The number of benzene rings is 4. The van der Waals surface area contributed by atoms with E-state index in [1.807, 2.05) is 78.9 Å². The molecule has 0 amide bonds. The zero-order valence-electron chi connectivity index (χ0n) is 23.2. The van der Waals surface area contributed by atoms with E-state index in [-0.39, 0.29) is 15.9 Å². The Balaban J connectivity index is 1.55. The van der Waals surface area contributed by atoms with E-state index in [1.54, 1.807) is 6.07 Å². The van der Waals surface area contributed by atoms with Gasteiger partial charge in [0.15, 0.2) is 34.3 Å². The van der Waals surface area contributed by atoms with Gasteiger partial charge in [-0.3, -0.25) is 0 Å². The van der Waals surface area contributed by atoms with Gasteiger partial charge in [-0.25, -0.2) is 38.4 Å². The van der Waals surface area contributed by atoms with Gasteiger partial charge in [-0.15, -0.1) is 0 Å². The van der Waals surface area contributed by atoms with Crippen LogP contribution in [-0.2, 0) is 10.0 Å². The molecular formula is C34H18N8O2S. The third-order valence-electron chi connectivity index (χ3n) is 8.53. The van der Waals surface area contributed by atoms with Crippen LogP contribution < -0.4 is 11.0 Å². The van der Waals surface area contributed by atoms with Crippen LogP contribution in [0.4, 0.5) is 11.6 Å². The molecular weight excluding hydrogens is 584 g/mol. The van der Waals surface area contributed by atoms with Crippen LogP contribution in [0.1, 0.15) is 27.8 Å². The number of aliphatic imine (C=N–C) groups is 4. The highest BCUT2D eigenvalue weighted by Crippen LogP contribution is 2.42. The number of H-pyrrole nitrogens is 1. The van der Waals surface area contributed by atoms with Gasteiger partial charge in [0, 0.05) is 43.8 Å². The predicted molar refractivity (Wildman–Crippen MR) is 174 cm³/mol. The van der Waals surface area contributed by atoms with Crippen LogP contribution in [0.25, 0.3) is 27.6 Å². The highest BCUT2D eigenvalue weighted by atomic mass is 32.2. The first-order valence-corrected chi connectivity index (χ1v) is 15.6. The van der Waals surface area contributed by atoms with Crippen LogP contribution in [-0.4, -0.2) is 40.7 Å². The van der Waals surface area contributed by atoms with Crippen molar-refractivity contribution in [2.24, 2.45) is 30.0 Å². The minimum atomic E-state index is -4.43. The summed E-state index contributed by atoms with van der Waals surface area (Å²) in [7, 11) is -4.43. The van der Waals surface area contributed by atoms with E-state index in [4.69, 9.17) is 30.0 Å². The number of hydrogen-bond donors (Lipinski definition) is 1. The van der Waals surface area contributed by atoms with Crippen molar-refractivity contribution < 1.29 is 8.42 Å². The summed E-state index contributed by atoms with van der Waals surface area (Å²) in [5.41, 5.74) is 3.83. The standard InChI is InChI=1S/C34H18N8O2S/c1-2-17-15-16-24-25-26(17)45(43,44)42-33-22-13-7-8-14-23(22)34(42)41-30-21-12-6-4-10-19(21)28(36-30)38-32(25)39-31(24)37-27-18-9-3-5-11-20(18)29(35-27)40-33/h2-16H,1H2,(H,35,36,37,38,39,40,41). The maximum atomic E-state index is 15.3. The van der Waals surface area contributed by atoms with E-state index >= 15 is 8.42 Å². The molecule has 0 unspecified atom stereocenters. The summed E-state index contributed by atoms with van der Waals surface area (Å²) in [6.07, 6.45) is 1.54. The molecule has 1 N–H and O–H groups in total. The van der Waals surface area contributed by atoms with Gasteiger partial charge >= 0.3 is 0 Å². The fourth-order valence-electron chi connectivity index (χ4n) is 6.55. The highest BCUT2D eigenvalue weighted by molar-refractivity contribution is 7.90. The van der Waals surface area contributed by atoms with Crippen LogP contribution in [0, 0.1) is 0 Å². The van der Waals surface area contributed by atoms with Crippen molar-refractivity contribution in [1.82, 2.24) is 8.96 Å². The molecule has 4 aromatic carbocycles. The first-order valence-electron chi connectivity index (χ1n) is 14.2. The predicted octanol–water partition coefficient (Wildman–Crippen LogP) is 4.95. The van der Waals surface area contributed by atoms with Crippen LogP contribution >= 0.6 is 0 Å². The second kappa shape index (κ2) is 8.30. The Morgan fingerprint density at radius 3 is 1.60 bits per heavy atom. The fourth-order valence-corrected chi connectivity index (χ4v) is 8.38. The van der Waals surface area contributed by atoms with Gasteiger partial charge in [-0.05, 0) is 11.6 Å². The van der Waals surface area contributed by atoms with Gasteiger partial charge in [0.1, 0.15) is 16.5 Å². The Kier molecular flexibility index (Phi) is 4.50. The number of nitrogens with zero attached hydrogens (tertiary/aromatic N) is 7. The van der Waals surface area contributed by atoms with Gasteiger partial charge in [0.2, 0.25) is 0 Å². The van der Waals surface area contributed by atoms with Crippen molar-refractivity contribution in [3.05, 3.63) is 130 Å². The Labute approximate surface area is 254 Å². The van der Waals surface area contributed by atoms with Crippen molar-refractivity contribution in [2.75, 3.05) is 0 Å². The van der Waals surface area contributed by atoms with Gasteiger partial charge in [0.25, 0.3) is 10.0 Å². The van der Waals surface area contributed by atoms with Gasteiger partial charge in [-0.1, -0.05) is 91.5 Å². The second-order valence-electron chi connectivity index (χ2n) is 11.0. The monoisotopic (exact) mass is 602 g/mol. The zero-order valence-corrected chi connectivity index (χ0v) is 24.0. The number of aromatic nitrogens is 2. The quantitative estimate of drug-likeness (QED) is 0.286. The molecule has 0 fully saturated rings. The molecule has 0 saturated heterocycles. The average molecular weight is 603 g/mol. The fraction of sp³-hybridized carbons (Fsp3) is 0. The Morgan fingerprint density at radius 2 is 1.07 bits per heavy atom. The minimum Gasteiger partial charge on any atom is -0.324 e. The van der Waals surface area contributed by atoms with Crippen LogP contribution in [0.15, 0.2) is 126 Å². The van der Waals surface area contributed by atoms with E-state index in [0.29, 0.717) is 62.1 Å². The smallest absolute Gasteiger partial charge is 0.272 e. The second-order valence-corrected chi connectivity index (χ2v) is 12.7. The lowest BCUT2D eigenvalue weighted by atomic mass is 10.1. The van der Waals surface area contributed by atoms with Crippen molar-refractivity contribution in [3.63, 3.8) is 0 Å². The lowest BCUT2D eigenvalue weighted by Crippen LogP contribution is -2.35. The molecule has 0 radical (unpaired) electrons. The summed E-state index contributed by atoms with van der Waals surface area (Å²) >= 11 is 0. The first-order chi connectivity index (χ1) is 22.0. The summed E-state index contributed by atoms with van der Waals surface area (Å²) in [5, 5.41) is 2.13. The Bertz CT molecular complexity index is 2800. The number of rotatable bonds is 1. The first kappa shape index (κ1) is 24.4. The maximum Gasteiger partial charge on any atom is 0.272 e. The number of aromatic amines is 1. The van der Waals surface area contributed by atoms with Crippen LogP contribution in [0.3, 0.4) is 0 Å². The molecule has 0 saturated carbocycles. The van der Waals surface area contributed by atoms with Crippen LogP contribution in [0.5, 0.6) is 0 Å². The Morgan fingerprint density at radius 1 is 0.578 bits per heavy atom. The summed E-state index contributed by atoms with van der Waals surface area (Å²) in [4.78, 5) is 33.0. The molecule has 212 valence electrons. The molecule has 0 aliphatic carbocycles. The number of nitrogens with one attached hydrogen (secondary N) is 1. The molecule has 10 rings (SSSR count). The van der Waals surface area contributed by atoms with Gasteiger partial charge in [0.05, 0.1) is 0 Å². The van der Waals surface area contributed by atoms with E-state index in [9.17, 15) is 0 Å². The zero-order chi connectivity index (χ0) is 30.0. The summed E-state index contributed by atoms with van der Waals surface area (Å²) in [6, 6.07) is 26.3. The van der Waals surface area contributed by atoms with Crippen LogP contribution in [0.2, 0.25) is 0 Å². The normalized spacial score (nSPS) is 16.4.